The standard InChI is InChI=1S/C19H17N3O3S/c1-13-18(19(23)21-15-6-4-3-5-7-15)22-17(12-20-13)14-8-10-16(11-9-14)26(2,24)25/h3-12H,1-2H3,(H,21,23). The van der Waals surface area contributed by atoms with Crippen LogP contribution in [0.25, 0.3) is 11.3 Å². The summed E-state index contributed by atoms with van der Waals surface area (Å²) in [7, 11) is -3.26. The number of anilines is 1. The van der Waals surface area contributed by atoms with Crippen LogP contribution >= 0.6 is 0 Å². The number of aromatic nitrogens is 2. The molecule has 3 aromatic rings. The minimum atomic E-state index is -3.26. The lowest BCUT2D eigenvalue weighted by molar-refractivity contribution is 0.102. The first-order chi connectivity index (χ1) is 12.3. The van der Waals surface area contributed by atoms with Crippen LogP contribution in [-0.4, -0.2) is 30.5 Å². The van der Waals surface area contributed by atoms with Gasteiger partial charge in [0.2, 0.25) is 0 Å². The molecule has 1 aromatic heterocycles. The van der Waals surface area contributed by atoms with Gasteiger partial charge in [0.25, 0.3) is 5.91 Å². The Morgan fingerprint density at radius 1 is 1.00 bits per heavy atom. The average Bonchev–Trinajstić information content (AvgIpc) is 2.62. The number of benzene rings is 2. The molecule has 3 rings (SSSR count). The second-order valence-corrected chi connectivity index (χ2v) is 7.82. The van der Waals surface area contributed by atoms with Crippen molar-refractivity contribution in [3.63, 3.8) is 0 Å². The van der Waals surface area contributed by atoms with Gasteiger partial charge in [-0.3, -0.25) is 9.78 Å². The molecular formula is C19H17N3O3S. The Hall–Kier alpha value is -3.06. The largest absolute Gasteiger partial charge is 0.321 e. The maximum atomic E-state index is 12.5. The van der Waals surface area contributed by atoms with Crippen LogP contribution in [0.5, 0.6) is 0 Å². The minimum Gasteiger partial charge on any atom is -0.321 e. The fraction of sp³-hybridized carbons (Fsp3) is 0.105. The molecule has 0 bridgehead atoms. The summed E-state index contributed by atoms with van der Waals surface area (Å²) >= 11 is 0. The molecule has 26 heavy (non-hydrogen) atoms. The normalized spacial score (nSPS) is 11.2. The number of rotatable bonds is 4. The van der Waals surface area contributed by atoms with E-state index >= 15 is 0 Å². The van der Waals surface area contributed by atoms with Crippen molar-refractivity contribution in [2.45, 2.75) is 11.8 Å². The summed E-state index contributed by atoms with van der Waals surface area (Å²) < 4.78 is 23.1. The van der Waals surface area contributed by atoms with Gasteiger partial charge in [0.05, 0.1) is 22.5 Å². The third-order valence-electron chi connectivity index (χ3n) is 3.78. The van der Waals surface area contributed by atoms with Crippen molar-refractivity contribution in [3.05, 3.63) is 72.2 Å². The number of hydrogen-bond donors (Lipinski definition) is 1. The molecule has 0 fully saturated rings. The number of sulfone groups is 1. The van der Waals surface area contributed by atoms with Crippen LogP contribution in [-0.2, 0) is 9.84 Å². The van der Waals surface area contributed by atoms with E-state index in [0.29, 0.717) is 22.6 Å². The van der Waals surface area contributed by atoms with Crippen LogP contribution in [0, 0.1) is 6.92 Å². The molecule has 0 unspecified atom stereocenters. The molecule has 0 aliphatic rings. The number of para-hydroxylation sites is 1. The van der Waals surface area contributed by atoms with Gasteiger partial charge in [0, 0.05) is 17.5 Å². The predicted octanol–water partition coefficient (Wildman–Crippen LogP) is 3.11. The van der Waals surface area contributed by atoms with Gasteiger partial charge in [0.1, 0.15) is 5.69 Å². The second-order valence-electron chi connectivity index (χ2n) is 5.81. The highest BCUT2D eigenvalue weighted by molar-refractivity contribution is 7.90. The number of carbonyl (C=O) groups is 1. The summed E-state index contributed by atoms with van der Waals surface area (Å²) in [6.45, 7) is 1.71. The van der Waals surface area contributed by atoms with E-state index in [2.05, 4.69) is 15.3 Å². The van der Waals surface area contributed by atoms with E-state index in [0.717, 1.165) is 6.26 Å². The zero-order valence-corrected chi connectivity index (χ0v) is 15.1. The highest BCUT2D eigenvalue weighted by Crippen LogP contribution is 2.20. The highest BCUT2D eigenvalue weighted by Gasteiger charge is 2.15. The molecule has 1 amide bonds. The Kier molecular flexibility index (Phi) is 4.81. The van der Waals surface area contributed by atoms with E-state index in [1.807, 2.05) is 18.2 Å². The SMILES string of the molecule is Cc1ncc(-c2ccc(S(C)(=O)=O)cc2)nc1C(=O)Nc1ccccc1. The second kappa shape index (κ2) is 7.05. The third kappa shape index (κ3) is 3.94. The van der Waals surface area contributed by atoms with E-state index in [-0.39, 0.29) is 16.5 Å². The summed E-state index contributed by atoms with van der Waals surface area (Å²) in [5, 5.41) is 2.79. The maximum absolute atomic E-state index is 12.5. The van der Waals surface area contributed by atoms with Crippen LogP contribution in [0.1, 0.15) is 16.2 Å². The number of hydrogen-bond acceptors (Lipinski definition) is 5. The molecule has 0 aliphatic carbocycles. The van der Waals surface area contributed by atoms with Gasteiger partial charge >= 0.3 is 0 Å². The Morgan fingerprint density at radius 2 is 1.65 bits per heavy atom. The molecular weight excluding hydrogens is 350 g/mol. The average molecular weight is 367 g/mol. The number of carbonyl (C=O) groups excluding carboxylic acids is 1. The first kappa shape index (κ1) is 17.8. The van der Waals surface area contributed by atoms with Crippen LogP contribution in [0.4, 0.5) is 5.69 Å². The van der Waals surface area contributed by atoms with Crippen LogP contribution in [0.2, 0.25) is 0 Å². The van der Waals surface area contributed by atoms with E-state index in [1.165, 1.54) is 12.1 Å². The van der Waals surface area contributed by atoms with E-state index in [9.17, 15) is 13.2 Å². The zero-order chi connectivity index (χ0) is 18.7. The number of amides is 1. The Balaban J connectivity index is 1.91. The van der Waals surface area contributed by atoms with E-state index in [1.54, 1.807) is 37.4 Å². The van der Waals surface area contributed by atoms with Crippen molar-refractivity contribution in [3.8, 4) is 11.3 Å². The van der Waals surface area contributed by atoms with E-state index < -0.39 is 9.84 Å². The van der Waals surface area contributed by atoms with Crippen molar-refractivity contribution >= 4 is 21.4 Å². The van der Waals surface area contributed by atoms with Gasteiger partial charge in [-0.25, -0.2) is 13.4 Å². The van der Waals surface area contributed by atoms with Crippen molar-refractivity contribution in [2.24, 2.45) is 0 Å². The summed E-state index contributed by atoms with van der Waals surface area (Å²) in [6.07, 6.45) is 2.71. The molecule has 0 radical (unpaired) electrons. The Bertz CT molecular complexity index is 1050. The van der Waals surface area contributed by atoms with Crippen molar-refractivity contribution in [1.29, 1.82) is 0 Å². The molecule has 0 spiro atoms. The van der Waals surface area contributed by atoms with Gasteiger partial charge in [-0.05, 0) is 31.2 Å². The number of aryl methyl sites for hydroxylation is 1. The lowest BCUT2D eigenvalue weighted by atomic mass is 10.1. The summed E-state index contributed by atoms with van der Waals surface area (Å²) in [5.41, 5.74) is 2.57. The molecule has 0 atom stereocenters. The van der Waals surface area contributed by atoms with Gasteiger partial charge < -0.3 is 5.32 Å². The fourth-order valence-electron chi connectivity index (χ4n) is 2.39. The third-order valence-corrected chi connectivity index (χ3v) is 4.91. The highest BCUT2D eigenvalue weighted by atomic mass is 32.2. The lowest BCUT2D eigenvalue weighted by Crippen LogP contribution is -2.16. The smallest absolute Gasteiger partial charge is 0.276 e. The van der Waals surface area contributed by atoms with Gasteiger partial charge in [-0.15, -0.1) is 0 Å². The molecule has 132 valence electrons. The first-order valence-corrected chi connectivity index (χ1v) is 9.74. The summed E-state index contributed by atoms with van der Waals surface area (Å²) in [5.74, 6) is -0.351. The lowest BCUT2D eigenvalue weighted by Gasteiger charge is -2.09. The van der Waals surface area contributed by atoms with Crippen LogP contribution in [0.3, 0.4) is 0 Å². The van der Waals surface area contributed by atoms with Crippen molar-refractivity contribution < 1.29 is 13.2 Å². The minimum absolute atomic E-state index is 0.221. The number of nitrogens with zero attached hydrogens (tertiary/aromatic N) is 2. The van der Waals surface area contributed by atoms with Gasteiger partial charge in [-0.1, -0.05) is 30.3 Å². The predicted molar refractivity (Wildman–Crippen MR) is 99.7 cm³/mol. The van der Waals surface area contributed by atoms with Crippen molar-refractivity contribution in [2.75, 3.05) is 11.6 Å². The van der Waals surface area contributed by atoms with Crippen molar-refractivity contribution in [1.82, 2.24) is 9.97 Å². The fourth-order valence-corrected chi connectivity index (χ4v) is 3.02. The molecule has 6 nitrogen and oxygen atoms in total. The van der Waals surface area contributed by atoms with E-state index in [4.69, 9.17) is 0 Å². The molecule has 7 heteroatoms. The molecule has 0 aliphatic heterocycles. The molecule has 2 aromatic carbocycles. The van der Waals surface area contributed by atoms with Crippen LogP contribution < -0.4 is 5.32 Å². The van der Waals surface area contributed by atoms with Crippen LogP contribution in [0.15, 0.2) is 65.7 Å². The summed E-state index contributed by atoms with van der Waals surface area (Å²) in [6, 6.07) is 15.4. The molecule has 1 N–H and O–H groups in total. The quantitative estimate of drug-likeness (QED) is 0.765. The first-order valence-electron chi connectivity index (χ1n) is 7.85. The Morgan fingerprint density at radius 3 is 2.27 bits per heavy atom. The van der Waals surface area contributed by atoms with Gasteiger partial charge in [-0.2, -0.15) is 0 Å². The maximum Gasteiger partial charge on any atom is 0.276 e. The Labute approximate surface area is 151 Å². The monoisotopic (exact) mass is 367 g/mol. The number of nitrogens with one attached hydrogen (secondary N) is 1. The topological polar surface area (TPSA) is 89.0 Å². The molecule has 0 saturated carbocycles. The molecule has 0 saturated heterocycles. The zero-order valence-electron chi connectivity index (χ0n) is 14.3. The summed E-state index contributed by atoms with van der Waals surface area (Å²) in [4.78, 5) is 21.4. The molecule has 1 heterocycles. The van der Waals surface area contributed by atoms with Gasteiger partial charge in [0.15, 0.2) is 9.84 Å².